The number of pyridine rings is 1. The van der Waals surface area contributed by atoms with Crippen LogP contribution in [0.5, 0.6) is 0 Å². The van der Waals surface area contributed by atoms with Gasteiger partial charge in [-0.15, -0.1) is 0 Å². The van der Waals surface area contributed by atoms with Crippen molar-refractivity contribution in [3.63, 3.8) is 0 Å². The molecule has 18 heavy (non-hydrogen) atoms. The van der Waals surface area contributed by atoms with Crippen LogP contribution in [-0.2, 0) is 4.79 Å². The highest BCUT2D eigenvalue weighted by Gasteiger charge is 2.09. The number of carbonyl (C=O) groups is 1. The van der Waals surface area contributed by atoms with Crippen LogP contribution in [0.25, 0.3) is 16.8 Å². The maximum Gasteiger partial charge on any atom is 0.337 e. The Bertz CT molecular complexity index is 600. The fourth-order valence-corrected chi connectivity index (χ4v) is 1.60. The van der Waals surface area contributed by atoms with E-state index in [1.54, 1.807) is 12.1 Å². The second-order valence-electron chi connectivity index (χ2n) is 4.06. The summed E-state index contributed by atoms with van der Waals surface area (Å²) in [6.07, 6.45) is 0. The Hall–Kier alpha value is -2.42. The Morgan fingerprint density at radius 2 is 1.83 bits per heavy atom. The first-order chi connectivity index (χ1) is 8.58. The average Bonchev–Trinajstić information content (AvgIpc) is 2.38. The van der Waals surface area contributed by atoms with Gasteiger partial charge in [-0.05, 0) is 19.1 Å². The van der Waals surface area contributed by atoms with E-state index in [-0.39, 0.29) is 5.57 Å². The number of benzene rings is 1. The van der Waals surface area contributed by atoms with Gasteiger partial charge in [0.1, 0.15) is 0 Å². The number of rotatable bonds is 3. The molecule has 0 radical (unpaired) electrons. The van der Waals surface area contributed by atoms with Gasteiger partial charge < -0.3 is 5.11 Å². The van der Waals surface area contributed by atoms with Crippen molar-refractivity contribution in [2.75, 3.05) is 0 Å². The van der Waals surface area contributed by atoms with E-state index in [4.69, 9.17) is 5.11 Å². The first kappa shape index (κ1) is 12.0. The summed E-state index contributed by atoms with van der Waals surface area (Å²) in [5, 5.41) is 8.89. The van der Waals surface area contributed by atoms with Gasteiger partial charge in [-0.3, -0.25) is 0 Å². The molecule has 0 bridgehead atoms. The summed E-state index contributed by atoms with van der Waals surface area (Å²) in [5.41, 5.74) is 3.27. The van der Waals surface area contributed by atoms with Crippen LogP contribution < -0.4 is 0 Å². The zero-order valence-corrected chi connectivity index (χ0v) is 10.1. The number of carboxylic acids is 1. The van der Waals surface area contributed by atoms with E-state index in [1.165, 1.54) is 5.56 Å². The smallest absolute Gasteiger partial charge is 0.337 e. The van der Waals surface area contributed by atoms with Gasteiger partial charge in [-0.2, -0.15) is 0 Å². The van der Waals surface area contributed by atoms with Crippen LogP contribution in [-0.4, -0.2) is 16.1 Å². The van der Waals surface area contributed by atoms with E-state index < -0.39 is 5.97 Å². The van der Waals surface area contributed by atoms with Crippen LogP contribution in [0.3, 0.4) is 0 Å². The van der Waals surface area contributed by atoms with Gasteiger partial charge in [0.15, 0.2) is 0 Å². The van der Waals surface area contributed by atoms with Crippen molar-refractivity contribution in [1.29, 1.82) is 0 Å². The standard InChI is InChI=1S/C15H13NO2/c1-10-6-8-12(9-7-10)14-5-3-4-13(16-14)11(2)15(17)18/h3-9H,2H2,1H3,(H,17,18). The molecule has 0 spiro atoms. The highest BCUT2D eigenvalue weighted by atomic mass is 16.4. The SMILES string of the molecule is C=C(C(=O)O)c1cccc(-c2ccc(C)cc2)n1. The van der Waals surface area contributed by atoms with Gasteiger partial charge in [0.2, 0.25) is 0 Å². The third-order valence-electron chi connectivity index (χ3n) is 2.66. The molecule has 0 aliphatic heterocycles. The number of hydrogen-bond acceptors (Lipinski definition) is 2. The van der Waals surface area contributed by atoms with Crippen LogP contribution >= 0.6 is 0 Å². The number of nitrogens with zero attached hydrogens (tertiary/aromatic N) is 1. The minimum atomic E-state index is -1.05. The normalized spacial score (nSPS) is 10.1. The van der Waals surface area contributed by atoms with Gasteiger partial charge in [-0.1, -0.05) is 42.5 Å². The van der Waals surface area contributed by atoms with Gasteiger partial charge in [0.05, 0.1) is 17.0 Å². The number of carboxylic acid groups (broad SMARTS) is 1. The summed E-state index contributed by atoms with van der Waals surface area (Å²) in [6, 6.07) is 13.2. The molecule has 1 aromatic heterocycles. The van der Waals surface area contributed by atoms with Gasteiger partial charge in [-0.25, -0.2) is 9.78 Å². The molecule has 2 rings (SSSR count). The molecule has 0 atom stereocenters. The van der Waals surface area contributed by atoms with E-state index >= 15 is 0 Å². The summed E-state index contributed by atoms with van der Waals surface area (Å²) < 4.78 is 0. The molecule has 0 unspecified atom stereocenters. The van der Waals surface area contributed by atoms with E-state index in [2.05, 4.69) is 11.6 Å². The van der Waals surface area contributed by atoms with Gasteiger partial charge in [0.25, 0.3) is 0 Å². The lowest BCUT2D eigenvalue weighted by Crippen LogP contribution is -2.00. The Morgan fingerprint density at radius 3 is 2.44 bits per heavy atom. The van der Waals surface area contributed by atoms with Crippen molar-refractivity contribution in [2.24, 2.45) is 0 Å². The van der Waals surface area contributed by atoms with Crippen molar-refractivity contribution in [2.45, 2.75) is 6.92 Å². The predicted molar refractivity (Wildman–Crippen MR) is 71.1 cm³/mol. The molecule has 1 heterocycles. The summed E-state index contributed by atoms with van der Waals surface area (Å²) >= 11 is 0. The molecule has 0 aliphatic carbocycles. The molecular weight excluding hydrogens is 226 g/mol. The second kappa shape index (κ2) is 4.84. The Morgan fingerprint density at radius 1 is 1.17 bits per heavy atom. The van der Waals surface area contributed by atoms with E-state index in [1.807, 2.05) is 37.3 Å². The van der Waals surface area contributed by atoms with Crippen molar-refractivity contribution in [1.82, 2.24) is 4.98 Å². The minimum Gasteiger partial charge on any atom is -0.478 e. The van der Waals surface area contributed by atoms with E-state index in [0.717, 1.165) is 11.3 Å². The summed E-state index contributed by atoms with van der Waals surface area (Å²) in [7, 11) is 0. The van der Waals surface area contributed by atoms with E-state index in [0.29, 0.717) is 5.69 Å². The van der Waals surface area contributed by atoms with E-state index in [9.17, 15) is 4.79 Å². The molecule has 3 heteroatoms. The monoisotopic (exact) mass is 239 g/mol. The highest BCUT2D eigenvalue weighted by Crippen LogP contribution is 2.20. The van der Waals surface area contributed by atoms with Crippen molar-refractivity contribution < 1.29 is 9.90 Å². The molecule has 1 aromatic carbocycles. The quantitative estimate of drug-likeness (QED) is 0.837. The molecule has 2 aromatic rings. The molecule has 0 amide bonds. The van der Waals surface area contributed by atoms with Gasteiger partial charge in [0, 0.05) is 5.56 Å². The summed E-state index contributed by atoms with van der Waals surface area (Å²) in [4.78, 5) is 15.2. The number of aromatic nitrogens is 1. The zero-order valence-electron chi connectivity index (χ0n) is 10.1. The predicted octanol–water partition coefficient (Wildman–Crippen LogP) is 3.15. The van der Waals surface area contributed by atoms with Crippen LogP contribution in [0.15, 0.2) is 49.0 Å². The van der Waals surface area contributed by atoms with Crippen molar-refractivity contribution >= 4 is 11.5 Å². The lowest BCUT2D eigenvalue weighted by atomic mass is 10.1. The van der Waals surface area contributed by atoms with Crippen LogP contribution in [0, 0.1) is 6.92 Å². The number of aryl methyl sites for hydroxylation is 1. The molecule has 0 aliphatic rings. The average molecular weight is 239 g/mol. The fourth-order valence-electron chi connectivity index (χ4n) is 1.60. The third-order valence-corrected chi connectivity index (χ3v) is 2.66. The molecular formula is C15H13NO2. The largest absolute Gasteiger partial charge is 0.478 e. The second-order valence-corrected chi connectivity index (χ2v) is 4.06. The topological polar surface area (TPSA) is 50.2 Å². The van der Waals surface area contributed by atoms with Crippen molar-refractivity contribution in [3.05, 3.63) is 60.3 Å². The molecule has 0 saturated heterocycles. The Balaban J connectivity index is 2.41. The summed E-state index contributed by atoms with van der Waals surface area (Å²) in [6.45, 7) is 5.53. The minimum absolute atomic E-state index is 0.00367. The Kier molecular flexibility index (Phi) is 3.24. The molecule has 0 fully saturated rings. The van der Waals surface area contributed by atoms with Crippen LogP contribution in [0.4, 0.5) is 0 Å². The molecule has 1 N–H and O–H groups in total. The third kappa shape index (κ3) is 2.46. The fraction of sp³-hybridized carbons (Fsp3) is 0.0667. The zero-order chi connectivity index (χ0) is 13.1. The van der Waals surface area contributed by atoms with Crippen LogP contribution in [0.1, 0.15) is 11.3 Å². The number of hydrogen-bond donors (Lipinski definition) is 1. The van der Waals surface area contributed by atoms with Crippen molar-refractivity contribution in [3.8, 4) is 11.3 Å². The maximum atomic E-state index is 10.9. The molecule has 90 valence electrons. The lowest BCUT2D eigenvalue weighted by Gasteiger charge is -2.05. The Labute approximate surface area is 105 Å². The molecule has 0 saturated carbocycles. The summed E-state index contributed by atoms with van der Waals surface area (Å²) in [5.74, 6) is -1.05. The first-order valence-electron chi connectivity index (χ1n) is 5.54. The molecule has 3 nitrogen and oxygen atoms in total. The lowest BCUT2D eigenvalue weighted by molar-refractivity contribution is -0.130. The maximum absolute atomic E-state index is 10.9. The van der Waals surface area contributed by atoms with Crippen LogP contribution in [0.2, 0.25) is 0 Å². The van der Waals surface area contributed by atoms with Gasteiger partial charge >= 0.3 is 5.97 Å². The first-order valence-corrected chi connectivity index (χ1v) is 5.54. The number of aliphatic carboxylic acids is 1. The highest BCUT2D eigenvalue weighted by molar-refractivity contribution is 6.13.